The molecule has 222 valence electrons. The second-order valence-corrected chi connectivity index (χ2v) is 9.34. The fourth-order valence-electron chi connectivity index (χ4n) is 4.43. The number of esters is 4. The molecular formula is C29H28O13. The van der Waals surface area contributed by atoms with E-state index in [1.165, 1.54) is 24.3 Å². The van der Waals surface area contributed by atoms with Crippen LogP contribution in [-0.2, 0) is 42.9 Å². The van der Waals surface area contributed by atoms with E-state index in [9.17, 15) is 29.1 Å². The SMILES string of the molecule is CC(=O)OCC1O[C@@H](Oc2ccc(-c3cc(=O)c4ccccc4o3)cc2O)[C@H](OC(C)=O)C(OC(C)=O)[C@H]1OC(C)=O. The Hall–Kier alpha value is -4.91. The van der Waals surface area contributed by atoms with Gasteiger partial charge in [-0.25, -0.2) is 0 Å². The average molecular weight is 585 g/mol. The number of carbonyl (C=O) groups is 4. The third-order valence-electron chi connectivity index (χ3n) is 6.07. The number of phenolic OH excluding ortho intramolecular Hbond substituents is 1. The standard InChI is InChI=1S/C29H28O13/c1-14(30)36-13-25-26(37-15(2)31)27(38-16(3)32)28(39-17(4)33)29(42-25)41-23-10-9-18(11-21(23)35)24-12-20(34)19-7-5-6-8-22(19)40-24/h5-12,25-29,35H,13H2,1-4H3/t25?,26-,27?,28+,29+/m0/s1. The molecule has 13 nitrogen and oxygen atoms in total. The summed E-state index contributed by atoms with van der Waals surface area (Å²) in [6.45, 7) is 4.01. The van der Waals surface area contributed by atoms with Crippen LogP contribution in [0.5, 0.6) is 11.5 Å². The van der Waals surface area contributed by atoms with E-state index in [0.717, 1.165) is 27.7 Å². The Kier molecular flexibility index (Phi) is 9.11. The highest BCUT2D eigenvalue weighted by molar-refractivity contribution is 5.78. The Bertz CT molecular complexity index is 1560. The van der Waals surface area contributed by atoms with E-state index in [1.54, 1.807) is 24.3 Å². The number of benzene rings is 2. The number of rotatable bonds is 8. The molecule has 3 aromatic rings. The molecule has 0 aliphatic carbocycles. The first-order chi connectivity index (χ1) is 19.9. The summed E-state index contributed by atoms with van der Waals surface area (Å²) in [4.78, 5) is 60.0. The number of fused-ring (bicyclic) bond motifs is 1. The van der Waals surface area contributed by atoms with E-state index in [0.29, 0.717) is 16.5 Å². The summed E-state index contributed by atoms with van der Waals surface area (Å²) >= 11 is 0. The zero-order valence-electron chi connectivity index (χ0n) is 23.1. The molecule has 2 heterocycles. The lowest BCUT2D eigenvalue weighted by Crippen LogP contribution is -2.63. The van der Waals surface area contributed by atoms with Crippen LogP contribution < -0.4 is 10.2 Å². The van der Waals surface area contributed by atoms with Crippen LogP contribution in [0.3, 0.4) is 0 Å². The molecule has 1 fully saturated rings. The predicted octanol–water partition coefficient (Wildman–Crippen LogP) is 2.63. The van der Waals surface area contributed by atoms with Gasteiger partial charge < -0.3 is 37.9 Å². The van der Waals surface area contributed by atoms with E-state index in [4.69, 9.17) is 32.8 Å². The van der Waals surface area contributed by atoms with E-state index in [2.05, 4.69) is 0 Å². The van der Waals surface area contributed by atoms with Crippen LogP contribution in [-0.4, -0.2) is 66.3 Å². The lowest BCUT2D eigenvalue weighted by Gasteiger charge is -2.43. The second-order valence-electron chi connectivity index (χ2n) is 9.34. The normalized spacial score (nSPS) is 21.7. The topological polar surface area (TPSA) is 174 Å². The molecule has 13 heteroatoms. The van der Waals surface area contributed by atoms with Gasteiger partial charge in [0.1, 0.15) is 24.1 Å². The van der Waals surface area contributed by atoms with Gasteiger partial charge in [-0.1, -0.05) is 12.1 Å². The number of carbonyl (C=O) groups excluding carboxylic acids is 4. The molecule has 2 aromatic carbocycles. The van der Waals surface area contributed by atoms with Crippen molar-refractivity contribution in [3.8, 4) is 22.8 Å². The van der Waals surface area contributed by atoms with Crippen LogP contribution in [0, 0.1) is 0 Å². The maximum absolute atomic E-state index is 12.5. The molecule has 0 amide bonds. The average Bonchev–Trinajstić information content (AvgIpc) is 2.91. The summed E-state index contributed by atoms with van der Waals surface area (Å²) in [6, 6.07) is 12.1. The lowest BCUT2D eigenvalue weighted by molar-refractivity contribution is -0.288. The lowest BCUT2D eigenvalue weighted by atomic mass is 9.98. The monoisotopic (exact) mass is 584 g/mol. The van der Waals surface area contributed by atoms with Gasteiger partial charge in [-0.3, -0.25) is 24.0 Å². The van der Waals surface area contributed by atoms with Crippen LogP contribution in [0.1, 0.15) is 27.7 Å². The van der Waals surface area contributed by atoms with Crippen molar-refractivity contribution in [1.82, 2.24) is 0 Å². The van der Waals surface area contributed by atoms with Gasteiger partial charge >= 0.3 is 23.9 Å². The number of aromatic hydroxyl groups is 1. The van der Waals surface area contributed by atoms with E-state index in [1.807, 2.05) is 0 Å². The predicted molar refractivity (Wildman–Crippen MR) is 142 cm³/mol. The minimum atomic E-state index is -1.54. The number of ether oxygens (including phenoxy) is 6. The van der Waals surface area contributed by atoms with E-state index < -0.39 is 66.9 Å². The van der Waals surface area contributed by atoms with Gasteiger partial charge in [0.25, 0.3) is 0 Å². The third-order valence-corrected chi connectivity index (χ3v) is 6.07. The Morgan fingerprint density at radius 1 is 0.810 bits per heavy atom. The number of para-hydroxylation sites is 1. The van der Waals surface area contributed by atoms with Crippen LogP contribution in [0.4, 0.5) is 0 Å². The highest BCUT2D eigenvalue weighted by Crippen LogP contribution is 2.36. The molecule has 2 unspecified atom stereocenters. The first-order valence-corrected chi connectivity index (χ1v) is 12.8. The van der Waals surface area contributed by atoms with Crippen LogP contribution in [0.15, 0.2) is 57.7 Å². The molecule has 42 heavy (non-hydrogen) atoms. The van der Waals surface area contributed by atoms with Crippen LogP contribution in [0.25, 0.3) is 22.3 Å². The molecule has 1 aromatic heterocycles. The van der Waals surface area contributed by atoms with Crippen molar-refractivity contribution in [2.24, 2.45) is 0 Å². The van der Waals surface area contributed by atoms with Gasteiger partial charge in [-0.2, -0.15) is 0 Å². The number of hydrogen-bond acceptors (Lipinski definition) is 13. The highest BCUT2D eigenvalue weighted by atomic mass is 16.7. The largest absolute Gasteiger partial charge is 0.504 e. The second kappa shape index (κ2) is 12.7. The van der Waals surface area contributed by atoms with Crippen molar-refractivity contribution in [3.05, 3.63) is 58.8 Å². The fraction of sp³-hybridized carbons (Fsp3) is 0.345. The Balaban J connectivity index is 1.69. The van der Waals surface area contributed by atoms with Crippen molar-refractivity contribution >= 4 is 34.8 Å². The Morgan fingerprint density at radius 3 is 2.10 bits per heavy atom. The Morgan fingerprint density at radius 2 is 1.45 bits per heavy atom. The van der Waals surface area contributed by atoms with Crippen molar-refractivity contribution in [2.45, 2.75) is 58.4 Å². The van der Waals surface area contributed by atoms with Gasteiger partial charge in [0.05, 0.1) is 5.39 Å². The van der Waals surface area contributed by atoms with Crippen molar-refractivity contribution in [1.29, 1.82) is 0 Å². The molecule has 0 spiro atoms. The summed E-state index contributed by atoms with van der Waals surface area (Å²) < 4.78 is 38.7. The first-order valence-electron chi connectivity index (χ1n) is 12.8. The fourth-order valence-corrected chi connectivity index (χ4v) is 4.43. The maximum Gasteiger partial charge on any atom is 0.303 e. The van der Waals surface area contributed by atoms with E-state index >= 15 is 0 Å². The number of hydrogen-bond donors (Lipinski definition) is 1. The summed E-state index contributed by atoms with van der Waals surface area (Å²) in [6.07, 6.45) is -7.06. The van der Waals surface area contributed by atoms with Gasteiger partial charge in [0.2, 0.25) is 12.4 Å². The van der Waals surface area contributed by atoms with Crippen molar-refractivity contribution in [3.63, 3.8) is 0 Å². The smallest absolute Gasteiger partial charge is 0.303 e. The zero-order chi connectivity index (χ0) is 30.6. The zero-order valence-corrected chi connectivity index (χ0v) is 23.1. The minimum absolute atomic E-state index is 0.150. The molecule has 1 aliphatic heterocycles. The third kappa shape index (κ3) is 7.04. The van der Waals surface area contributed by atoms with Gasteiger partial charge in [0.15, 0.2) is 29.1 Å². The summed E-state index contributed by atoms with van der Waals surface area (Å²) in [7, 11) is 0. The van der Waals surface area contributed by atoms with Crippen molar-refractivity contribution in [2.75, 3.05) is 6.61 Å². The van der Waals surface area contributed by atoms with Crippen molar-refractivity contribution < 1.29 is 57.1 Å². The van der Waals surface area contributed by atoms with Crippen LogP contribution in [0.2, 0.25) is 0 Å². The summed E-state index contributed by atoms with van der Waals surface area (Å²) in [5.74, 6) is -3.42. The minimum Gasteiger partial charge on any atom is -0.504 e. The Labute approximate surface area is 238 Å². The molecule has 0 radical (unpaired) electrons. The molecule has 1 saturated heterocycles. The molecule has 1 N–H and O–H groups in total. The van der Waals surface area contributed by atoms with Gasteiger partial charge in [-0.15, -0.1) is 0 Å². The summed E-state index contributed by atoms with van der Waals surface area (Å²) in [5.41, 5.74) is 0.436. The quantitative estimate of drug-likeness (QED) is 0.302. The molecule has 4 rings (SSSR count). The first kappa shape index (κ1) is 30.1. The van der Waals surface area contributed by atoms with Gasteiger partial charge in [0, 0.05) is 39.3 Å². The van der Waals surface area contributed by atoms with Gasteiger partial charge in [-0.05, 0) is 30.3 Å². The highest BCUT2D eigenvalue weighted by Gasteiger charge is 2.53. The molecule has 1 aliphatic rings. The molecule has 0 saturated carbocycles. The molecular weight excluding hydrogens is 556 g/mol. The summed E-state index contributed by atoms with van der Waals surface area (Å²) in [5, 5.41) is 11.2. The van der Waals surface area contributed by atoms with Crippen LogP contribution >= 0.6 is 0 Å². The molecule has 5 atom stereocenters. The number of phenols is 1. The molecule has 0 bridgehead atoms. The maximum atomic E-state index is 12.5. The van der Waals surface area contributed by atoms with E-state index in [-0.39, 0.29) is 16.9 Å².